The van der Waals surface area contributed by atoms with Crippen molar-refractivity contribution >= 4 is 17.6 Å². The standard InChI is InChI=1S/C15H21N3S/c1-11(7-8-19-2)17-15-13(10-16)9-12-5-3-4-6-14(12)18-15/h9,11H,3-8H2,1-2H3,(H,17,18). The molecule has 0 aromatic carbocycles. The van der Waals surface area contributed by atoms with Gasteiger partial charge >= 0.3 is 0 Å². The van der Waals surface area contributed by atoms with E-state index in [1.54, 1.807) is 0 Å². The number of thioether (sulfide) groups is 1. The lowest BCUT2D eigenvalue weighted by molar-refractivity contribution is 0.666. The Morgan fingerprint density at radius 3 is 3.00 bits per heavy atom. The van der Waals surface area contributed by atoms with Gasteiger partial charge < -0.3 is 5.32 Å². The Balaban J connectivity index is 2.17. The van der Waals surface area contributed by atoms with Crippen LogP contribution in [0, 0.1) is 11.3 Å². The molecule has 102 valence electrons. The van der Waals surface area contributed by atoms with Gasteiger partial charge in [-0.15, -0.1) is 0 Å². The van der Waals surface area contributed by atoms with Crippen molar-refractivity contribution in [2.75, 3.05) is 17.3 Å². The van der Waals surface area contributed by atoms with E-state index in [1.807, 2.05) is 17.8 Å². The zero-order valence-electron chi connectivity index (χ0n) is 11.7. The summed E-state index contributed by atoms with van der Waals surface area (Å²) in [6, 6.07) is 4.67. The van der Waals surface area contributed by atoms with E-state index in [9.17, 15) is 5.26 Å². The zero-order chi connectivity index (χ0) is 13.7. The molecule has 1 unspecified atom stereocenters. The second-order valence-electron chi connectivity index (χ2n) is 5.14. The van der Waals surface area contributed by atoms with E-state index >= 15 is 0 Å². The monoisotopic (exact) mass is 275 g/mol. The van der Waals surface area contributed by atoms with Crippen LogP contribution < -0.4 is 5.32 Å². The number of aromatic nitrogens is 1. The average molecular weight is 275 g/mol. The highest BCUT2D eigenvalue weighted by Crippen LogP contribution is 2.24. The molecule has 0 aliphatic heterocycles. The molecule has 1 heterocycles. The number of nitriles is 1. The first-order valence-electron chi connectivity index (χ1n) is 6.93. The van der Waals surface area contributed by atoms with Crippen LogP contribution in [-0.4, -0.2) is 23.0 Å². The second kappa shape index (κ2) is 6.81. The number of rotatable bonds is 5. The van der Waals surface area contributed by atoms with Crippen molar-refractivity contribution < 1.29 is 0 Å². The molecule has 0 amide bonds. The first-order valence-corrected chi connectivity index (χ1v) is 8.32. The maximum Gasteiger partial charge on any atom is 0.144 e. The highest BCUT2D eigenvalue weighted by atomic mass is 32.2. The van der Waals surface area contributed by atoms with Crippen molar-refractivity contribution in [1.29, 1.82) is 5.26 Å². The minimum absolute atomic E-state index is 0.355. The molecule has 2 rings (SSSR count). The summed E-state index contributed by atoms with van der Waals surface area (Å²) in [5, 5.41) is 12.7. The molecule has 0 spiro atoms. The third kappa shape index (κ3) is 3.63. The van der Waals surface area contributed by atoms with Crippen LogP contribution in [-0.2, 0) is 12.8 Å². The number of nitrogens with zero attached hydrogens (tertiary/aromatic N) is 2. The van der Waals surface area contributed by atoms with Crippen molar-refractivity contribution in [2.45, 2.75) is 45.1 Å². The number of nitrogens with one attached hydrogen (secondary N) is 1. The van der Waals surface area contributed by atoms with Gasteiger partial charge in [0.2, 0.25) is 0 Å². The Morgan fingerprint density at radius 1 is 1.47 bits per heavy atom. The van der Waals surface area contributed by atoms with Crippen LogP contribution in [0.4, 0.5) is 5.82 Å². The summed E-state index contributed by atoms with van der Waals surface area (Å²) in [7, 11) is 0. The smallest absolute Gasteiger partial charge is 0.144 e. The molecule has 0 saturated heterocycles. The first kappa shape index (κ1) is 14.2. The molecular weight excluding hydrogens is 254 g/mol. The van der Waals surface area contributed by atoms with Gasteiger partial charge in [0.15, 0.2) is 0 Å². The molecule has 0 bridgehead atoms. The normalized spacial score (nSPS) is 15.4. The lowest BCUT2D eigenvalue weighted by atomic mass is 9.95. The first-order chi connectivity index (χ1) is 9.24. The fraction of sp³-hybridized carbons (Fsp3) is 0.600. The molecule has 1 N–H and O–H groups in total. The van der Waals surface area contributed by atoms with Crippen LogP contribution in [0.2, 0.25) is 0 Å². The predicted octanol–water partition coefficient (Wildman–Crippen LogP) is 3.39. The molecular formula is C15H21N3S. The third-order valence-corrected chi connectivity index (χ3v) is 4.20. The molecule has 0 radical (unpaired) electrons. The highest BCUT2D eigenvalue weighted by molar-refractivity contribution is 7.98. The lowest BCUT2D eigenvalue weighted by Gasteiger charge is -2.19. The lowest BCUT2D eigenvalue weighted by Crippen LogP contribution is -2.19. The van der Waals surface area contributed by atoms with Gasteiger partial charge in [0.25, 0.3) is 0 Å². The third-order valence-electron chi connectivity index (χ3n) is 3.56. The number of pyridine rings is 1. The van der Waals surface area contributed by atoms with Crippen LogP contribution >= 0.6 is 11.8 Å². The number of anilines is 1. The molecule has 4 heteroatoms. The zero-order valence-corrected chi connectivity index (χ0v) is 12.5. The van der Waals surface area contributed by atoms with Crippen molar-refractivity contribution in [1.82, 2.24) is 4.98 Å². The molecule has 1 aromatic rings. The Morgan fingerprint density at radius 2 is 2.26 bits per heavy atom. The van der Waals surface area contributed by atoms with E-state index in [2.05, 4.69) is 24.6 Å². The summed E-state index contributed by atoms with van der Waals surface area (Å²) < 4.78 is 0. The van der Waals surface area contributed by atoms with E-state index in [-0.39, 0.29) is 0 Å². The summed E-state index contributed by atoms with van der Waals surface area (Å²) in [5.74, 6) is 1.90. The molecule has 1 aliphatic rings. The average Bonchev–Trinajstić information content (AvgIpc) is 2.44. The van der Waals surface area contributed by atoms with Crippen LogP contribution in [0.5, 0.6) is 0 Å². The van der Waals surface area contributed by atoms with Crippen LogP contribution in [0.25, 0.3) is 0 Å². The van der Waals surface area contributed by atoms with Gasteiger partial charge in [0, 0.05) is 11.7 Å². The van der Waals surface area contributed by atoms with Crippen molar-refractivity contribution in [3.8, 4) is 6.07 Å². The summed E-state index contributed by atoms with van der Waals surface area (Å²) in [5.41, 5.74) is 3.14. The van der Waals surface area contributed by atoms with Crippen molar-refractivity contribution in [2.24, 2.45) is 0 Å². The maximum atomic E-state index is 9.27. The van der Waals surface area contributed by atoms with Gasteiger partial charge in [0.05, 0.1) is 5.56 Å². The highest BCUT2D eigenvalue weighted by Gasteiger charge is 2.16. The Kier molecular flexibility index (Phi) is 5.09. The maximum absolute atomic E-state index is 9.27. The van der Waals surface area contributed by atoms with E-state index in [1.165, 1.54) is 24.1 Å². The summed E-state index contributed by atoms with van der Waals surface area (Å²) >= 11 is 1.85. The number of hydrogen-bond donors (Lipinski definition) is 1. The molecule has 19 heavy (non-hydrogen) atoms. The fourth-order valence-electron chi connectivity index (χ4n) is 2.43. The summed E-state index contributed by atoms with van der Waals surface area (Å²) in [6.45, 7) is 2.15. The van der Waals surface area contributed by atoms with Gasteiger partial charge in [-0.25, -0.2) is 4.98 Å². The molecule has 0 fully saturated rings. The number of aryl methyl sites for hydroxylation is 2. The SMILES string of the molecule is CSCCC(C)Nc1nc2c(cc1C#N)CCCC2. The van der Waals surface area contributed by atoms with E-state index in [0.717, 1.165) is 30.8 Å². The number of fused-ring (bicyclic) bond motifs is 1. The molecule has 1 aromatic heterocycles. The Labute approximate surface area is 119 Å². The minimum atomic E-state index is 0.355. The largest absolute Gasteiger partial charge is 0.366 e. The van der Waals surface area contributed by atoms with Crippen LogP contribution in [0.3, 0.4) is 0 Å². The van der Waals surface area contributed by atoms with E-state index in [4.69, 9.17) is 4.98 Å². The van der Waals surface area contributed by atoms with Gasteiger partial charge in [-0.05, 0) is 62.7 Å². The Bertz CT molecular complexity index is 479. The second-order valence-corrected chi connectivity index (χ2v) is 6.12. The van der Waals surface area contributed by atoms with Crippen LogP contribution in [0.1, 0.15) is 43.0 Å². The van der Waals surface area contributed by atoms with Gasteiger partial charge in [-0.3, -0.25) is 0 Å². The van der Waals surface area contributed by atoms with E-state index in [0.29, 0.717) is 11.6 Å². The van der Waals surface area contributed by atoms with E-state index < -0.39 is 0 Å². The minimum Gasteiger partial charge on any atom is -0.366 e. The molecule has 1 aliphatic carbocycles. The van der Waals surface area contributed by atoms with Crippen molar-refractivity contribution in [3.05, 3.63) is 22.9 Å². The van der Waals surface area contributed by atoms with Crippen molar-refractivity contribution in [3.63, 3.8) is 0 Å². The quantitative estimate of drug-likeness (QED) is 0.895. The van der Waals surface area contributed by atoms with Gasteiger partial charge in [-0.1, -0.05) is 0 Å². The van der Waals surface area contributed by atoms with Crippen LogP contribution in [0.15, 0.2) is 6.07 Å². The summed E-state index contributed by atoms with van der Waals surface area (Å²) in [6.07, 6.45) is 7.76. The summed E-state index contributed by atoms with van der Waals surface area (Å²) in [4.78, 5) is 4.69. The topological polar surface area (TPSA) is 48.7 Å². The number of hydrogen-bond acceptors (Lipinski definition) is 4. The fourth-order valence-corrected chi connectivity index (χ4v) is 3.02. The molecule has 0 saturated carbocycles. The molecule has 1 atom stereocenters. The van der Waals surface area contributed by atoms with Gasteiger partial charge in [0.1, 0.15) is 11.9 Å². The Hall–Kier alpha value is -1.21. The predicted molar refractivity (Wildman–Crippen MR) is 81.7 cm³/mol. The van der Waals surface area contributed by atoms with Gasteiger partial charge in [-0.2, -0.15) is 17.0 Å². The molecule has 3 nitrogen and oxygen atoms in total.